The minimum Gasteiger partial charge on any atom is -0.390 e. The summed E-state index contributed by atoms with van der Waals surface area (Å²) in [7, 11) is 0. The summed E-state index contributed by atoms with van der Waals surface area (Å²) in [6.45, 7) is -2.24. The van der Waals surface area contributed by atoms with Gasteiger partial charge in [0.05, 0.1) is 12.3 Å². The van der Waals surface area contributed by atoms with E-state index in [1.165, 1.54) is 0 Å². The number of amides is 1. The van der Waals surface area contributed by atoms with Crippen molar-refractivity contribution in [1.82, 2.24) is 5.32 Å². The molecule has 0 saturated carbocycles. The normalized spacial score (nSPS) is 18.4. The second kappa shape index (κ2) is 5.96. The van der Waals surface area contributed by atoms with Gasteiger partial charge in [-0.3, -0.25) is 4.79 Å². The topological polar surface area (TPSA) is 70.9 Å². The number of aliphatic hydroxyl groups excluding tert-OH is 1. The molecule has 1 atom stereocenters. The Morgan fingerprint density at radius 2 is 2.15 bits per heavy atom. The van der Waals surface area contributed by atoms with E-state index in [1.807, 2.05) is 35.6 Å². The highest BCUT2D eigenvalue weighted by molar-refractivity contribution is 6.04. The molecule has 20 heavy (non-hydrogen) atoms. The number of alkyl halides is 2. The van der Waals surface area contributed by atoms with Crippen LogP contribution in [0.4, 0.5) is 8.78 Å². The third-order valence-electron chi connectivity index (χ3n) is 2.82. The van der Waals surface area contributed by atoms with Crippen LogP contribution in [0.3, 0.4) is 0 Å². The first-order chi connectivity index (χ1) is 9.52. The molecule has 2 N–H and O–H groups in total. The molecule has 1 aliphatic rings. The van der Waals surface area contributed by atoms with Gasteiger partial charge in [-0.1, -0.05) is 35.5 Å². The van der Waals surface area contributed by atoms with Crippen LogP contribution in [0.25, 0.3) is 0 Å². The molecule has 1 heterocycles. The van der Waals surface area contributed by atoms with E-state index in [1.54, 1.807) is 0 Å². The highest BCUT2D eigenvalue weighted by atomic mass is 19.3. The first-order valence-corrected chi connectivity index (χ1v) is 6.06. The molecule has 0 aliphatic carbocycles. The Morgan fingerprint density at radius 3 is 2.80 bits per heavy atom. The van der Waals surface area contributed by atoms with E-state index in [2.05, 4.69) is 5.16 Å². The van der Waals surface area contributed by atoms with Crippen molar-refractivity contribution in [2.24, 2.45) is 5.16 Å². The lowest BCUT2D eigenvalue weighted by molar-refractivity contribution is -0.133. The maximum absolute atomic E-state index is 12.8. The molecule has 0 saturated heterocycles. The molecule has 1 aromatic carbocycles. The van der Waals surface area contributed by atoms with Crippen LogP contribution >= 0.6 is 0 Å². The fourth-order valence-electron chi connectivity index (χ4n) is 1.71. The fourth-order valence-corrected chi connectivity index (χ4v) is 1.71. The van der Waals surface area contributed by atoms with Gasteiger partial charge in [0.25, 0.3) is 11.8 Å². The molecule has 0 spiro atoms. The molecule has 1 aliphatic heterocycles. The predicted octanol–water partition coefficient (Wildman–Crippen LogP) is 0.923. The highest BCUT2D eigenvalue weighted by Crippen LogP contribution is 2.17. The maximum atomic E-state index is 12.8. The number of nitrogens with zero attached hydrogens (tertiary/aromatic N) is 1. The zero-order valence-electron chi connectivity index (χ0n) is 10.6. The summed E-state index contributed by atoms with van der Waals surface area (Å²) in [4.78, 5) is 16.6. The molecule has 2 rings (SSSR count). The van der Waals surface area contributed by atoms with Gasteiger partial charge in [0.1, 0.15) is 6.61 Å². The number of oxime groups is 1. The third kappa shape index (κ3) is 3.51. The van der Waals surface area contributed by atoms with Crippen molar-refractivity contribution in [2.45, 2.75) is 18.4 Å². The number of carbonyl (C=O) groups excluding carboxylic acids is 1. The number of hydrogen-bond donors (Lipinski definition) is 2. The van der Waals surface area contributed by atoms with Crippen molar-refractivity contribution in [3.8, 4) is 0 Å². The van der Waals surface area contributed by atoms with Gasteiger partial charge in [-0.25, -0.2) is 8.78 Å². The van der Waals surface area contributed by atoms with Crippen LogP contribution in [-0.2, 0) is 9.63 Å². The van der Waals surface area contributed by atoms with Gasteiger partial charge in [-0.05, 0) is 5.56 Å². The van der Waals surface area contributed by atoms with Crippen molar-refractivity contribution in [2.75, 3.05) is 13.2 Å². The van der Waals surface area contributed by atoms with Gasteiger partial charge < -0.3 is 15.3 Å². The fraction of sp³-hybridized carbons (Fsp3) is 0.385. The minimum absolute atomic E-state index is 0.223. The predicted molar refractivity (Wildman–Crippen MR) is 67.5 cm³/mol. The molecular weight excluding hydrogens is 270 g/mol. The first-order valence-electron chi connectivity index (χ1n) is 6.06. The van der Waals surface area contributed by atoms with Crippen LogP contribution in [0.2, 0.25) is 0 Å². The summed E-state index contributed by atoms with van der Waals surface area (Å²) in [5.74, 6) is -4.01. The standard InChI is InChI=1S/C13H14F2N2O3/c14-13(15,8-18)7-16-12(19)11-6-10(17-20-11)9-4-2-1-3-5-9/h1-5,11,18H,6-8H2,(H,16,19). The summed E-state index contributed by atoms with van der Waals surface area (Å²) in [6.07, 6.45) is -0.694. The number of nitrogens with one attached hydrogen (secondary N) is 1. The van der Waals surface area contributed by atoms with Crippen molar-refractivity contribution >= 4 is 11.6 Å². The third-order valence-corrected chi connectivity index (χ3v) is 2.82. The lowest BCUT2D eigenvalue weighted by atomic mass is 10.0. The average Bonchev–Trinajstić information content (AvgIpc) is 2.96. The number of carbonyl (C=O) groups is 1. The molecule has 1 unspecified atom stereocenters. The summed E-state index contributed by atoms with van der Waals surface area (Å²) < 4.78 is 25.6. The summed E-state index contributed by atoms with van der Waals surface area (Å²) >= 11 is 0. The monoisotopic (exact) mass is 284 g/mol. The van der Waals surface area contributed by atoms with Gasteiger partial charge in [-0.2, -0.15) is 0 Å². The van der Waals surface area contributed by atoms with Gasteiger partial charge in [0, 0.05) is 6.42 Å². The molecule has 0 fully saturated rings. The van der Waals surface area contributed by atoms with E-state index < -0.39 is 31.1 Å². The molecule has 1 amide bonds. The minimum atomic E-state index is -3.34. The number of hydrogen-bond acceptors (Lipinski definition) is 4. The molecule has 7 heteroatoms. The highest BCUT2D eigenvalue weighted by Gasteiger charge is 2.33. The van der Waals surface area contributed by atoms with Crippen molar-refractivity contribution in [3.05, 3.63) is 35.9 Å². The van der Waals surface area contributed by atoms with Crippen LogP contribution < -0.4 is 5.32 Å². The molecule has 0 radical (unpaired) electrons. The number of benzene rings is 1. The summed E-state index contributed by atoms with van der Waals surface area (Å²) in [6, 6.07) is 9.14. The second-order valence-electron chi connectivity index (χ2n) is 4.43. The van der Waals surface area contributed by atoms with Crippen LogP contribution in [0.5, 0.6) is 0 Å². The first kappa shape index (κ1) is 14.4. The van der Waals surface area contributed by atoms with E-state index in [4.69, 9.17) is 9.94 Å². The zero-order chi connectivity index (χ0) is 14.6. The lowest BCUT2D eigenvalue weighted by Gasteiger charge is -2.15. The Morgan fingerprint density at radius 1 is 1.45 bits per heavy atom. The Kier molecular flexibility index (Phi) is 4.29. The second-order valence-corrected chi connectivity index (χ2v) is 4.43. The largest absolute Gasteiger partial charge is 0.390 e. The van der Waals surface area contributed by atoms with Crippen LogP contribution in [0.15, 0.2) is 35.5 Å². The van der Waals surface area contributed by atoms with Crippen molar-refractivity contribution in [1.29, 1.82) is 0 Å². The Balaban J connectivity index is 1.87. The average molecular weight is 284 g/mol. The summed E-state index contributed by atoms with van der Waals surface area (Å²) in [5, 5.41) is 14.2. The number of aliphatic hydroxyl groups is 1. The molecule has 0 aromatic heterocycles. The van der Waals surface area contributed by atoms with Crippen LogP contribution in [-0.4, -0.2) is 41.9 Å². The smallest absolute Gasteiger partial charge is 0.287 e. The molecular formula is C13H14F2N2O3. The van der Waals surface area contributed by atoms with Crippen molar-refractivity contribution < 1.29 is 23.5 Å². The van der Waals surface area contributed by atoms with Gasteiger partial charge >= 0.3 is 0 Å². The van der Waals surface area contributed by atoms with Gasteiger partial charge in [-0.15, -0.1) is 0 Å². The van der Waals surface area contributed by atoms with E-state index in [-0.39, 0.29) is 6.42 Å². The zero-order valence-corrected chi connectivity index (χ0v) is 10.6. The van der Waals surface area contributed by atoms with E-state index in [9.17, 15) is 13.6 Å². The number of halogens is 2. The van der Waals surface area contributed by atoms with Crippen LogP contribution in [0.1, 0.15) is 12.0 Å². The molecule has 0 bridgehead atoms. The van der Waals surface area contributed by atoms with Crippen LogP contribution in [0, 0.1) is 0 Å². The molecule has 5 nitrogen and oxygen atoms in total. The van der Waals surface area contributed by atoms with Gasteiger partial charge in [0.15, 0.2) is 0 Å². The Hall–Kier alpha value is -2.02. The Bertz CT molecular complexity index is 506. The SMILES string of the molecule is O=C(NCC(F)(F)CO)C1CC(c2ccccc2)=NO1. The van der Waals surface area contributed by atoms with E-state index >= 15 is 0 Å². The van der Waals surface area contributed by atoms with Crippen molar-refractivity contribution in [3.63, 3.8) is 0 Å². The lowest BCUT2D eigenvalue weighted by Crippen LogP contribution is -2.43. The Labute approximate surface area is 114 Å². The molecule has 108 valence electrons. The van der Waals surface area contributed by atoms with Gasteiger partial charge in [0.2, 0.25) is 6.10 Å². The van der Waals surface area contributed by atoms with E-state index in [0.717, 1.165) is 5.56 Å². The van der Waals surface area contributed by atoms with E-state index in [0.29, 0.717) is 5.71 Å². The number of rotatable bonds is 5. The quantitative estimate of drug-likeness (QED) is 0.844. The summed E-state index contributed by atoms with van der Waals surface area (Å²) in [5.41, 5.74) is 1.42. The molecule has 1 aromatic rings. The maximum Gasteiger partial charge on any atom is 0.287 e.